The van der Waals surface area contributed by atoms with Crippen LogP contribution in [0.4, 0.5) is 0 Å². The van der Waals surface area contributed by atoms with Crippen LogP contribution < -0.4 is 4.74 Å². The first-order valence-corrected chi connectivity index (χ1v) is 5.48. The maximum Gasteiger partial charge on any atom is 0.153 e. The van der Waals surface area contributed by atoms with Gasteiger partial charge in [0.05, 0.1) is 24.1 Å². The highest BCUT2D eigenvalue weighted by Gasteiger charge is 2.09. The number of ether oxygens (including phenoxy) is 1. The minimum absolute atomic E-state index is 0.567. The van der Waals surface area contributed by atoms with Crippen molar-refractivity contribution in [2.75, 3.05) is 6.61 Å². The number of rotatable bonds is 4. The van der Waals surface area contributed by atoms with Crippen LogP contribution in [0.15, 0.2) is 24.4 Å². The van der Waals surface area contributed by atoms with Gasteiger partial charge in [0.1, 0.15) is 5.75 Å². The van der Waals surface area contributed by atoms with Gasteiger partial charge in [-0.2, -0.15) is 5.10 Å². The standard InChI is InChI=1S/C13H14N2O2/c1-3-17-11-4-5-12(9(2)6-11)13-10(8-16)7-14-15-13/h4-8H,3H2,1-2H3,(H,14,15). The predicted octanol–water partition coefficient (Wildman–Crippen LogP) is 2.60. The topological polar surface area (TPSA) is 55.0 Å². The first kappa shape index (κ1) is 11.4. The summed E-state index contributed by atoms with van der Waals surface area (Å²) in [6.07, 6.45) is 2.33. The molecule has 4 heteroatoms. The molecule has 0 fully saturated rings. The Morgan fingerprint density at radius 1 is 1.47 bits per heavy atom. The second kappa shape index (κ2) is 4.82. The van der Waals surface area contributed by atoms with Gasteiger partial charge in [0.25, 0.3) is 0 Å². The fraction of sp³-hybridized carbons (Fsp3) is 0.231. The predicted molar refractivity (Wildman–Crippen MR) is 65.3 cm³/mol. The Morgan fingerprint density at radius 2 is 2.29 bits per heavy atom. The van der Waals surface area contributed by atoms with Gasteiger partial charge in [-0.1, -0.05) is 0 Å². The lowest BCUT2D eigenvalue weighted by molar-refractivity contribution is 0.112. The van der Waals surface area contributed by atoms with Gasteiger partial charge in [-0.25, -0.2) is 0 Å². The monoisotopic (exact) mass is 230 g/mol. The molecule has 1 heterocycles. The molecule has 0 radical (unpaired) electrons. The van der Waals surface area contributed by atoms with Gasteiger partial charge in [-0.15, -0.1) is 0 Å². The van der Waals surface area contributed by atoms with Crippen LogP contribution in [-0.2, 0) is 0 Å². The van der Waals surface area contributed by atoms with E-state index >= 15 is 0 Å². The molecule has 0 aliphatic heterocycles. The molecule has 1 N–H and O–H groups in total. The normalized spacial score (nSPS) is 10.2. The third-order valence-corrected chi connectivity index (χ3v) is 2.57. The molecule has 88 valence electrons. The van der Waals surface area contributed by atoms with Gasteiger partial charge in [0, 0.05) is 5.56 Å². The van der Waals surface area contributed by atoms with Gasteiger partial charge in [-0.3, -0.25) is 9.89 Å². The Morgan fingerprint density at radius 3 is 2.94 bits per heavy atom. The molecule has 0 amide bonds. The Kier molecular flexibility index (Phi) is 3.23. The van der Waals surface area contributed by atoms with Crippen molar-refractivity contribution in [2.45, 2.75) is 13.8 Å². The molecular weight excluding hydrogens is 216 g/mol. The SMILES string of the molecule is CCOc1ccc(-c2[nH]ncc2C=O)c(C)c1. The van der Waals surface area contributed by atoms with Crippen molar-refractivity contribution in [3.05, 3.63) is 35.5 Å². The van der Waals surface area contributed by atoms with Crippen molar-refractivity contribution in [3.8, 4) is 17.0 Å². The molecule has 0 bridgehead atoms. The van der Waals surface area contributed by atoms with E-state index in [1.807, 2.05) is 32.0 Å². The summed E-state index contributed by atoms with van der Waals surface area (Å²) >= 11 is 0. The number of carbonyl (C=O) groups is 1. The highest BCUT2D eigenvalue weighted by molar-refractivity contribution is 5.86. The minimum Gasteiger partial charge on any atom is -0.494 e. The number of aryl methyl sites for hydroxylation is 1. The fourth-order valence-electron chi connectivity index (χ4n) is 1.77. The number of aldehydes is 1. The van der Waals surface area contributed by atoms with E-state index < -0.39 is 0 Å². The molecule has 0 atom stereocenters. The van der Waals surface area contributed by atoms with Gasteiger partial charge >= 0.3 is 0 Å². The van der Waals surface area contributed by atoms with E-state index in [1.54, 1.807) is 0 Å². The number of aromatic amines is 1. The molecule has 0 spiro atoms. The van der Waals surface area contributed by atoms with Crippen LogP contribution in [0.3, 0.4) is 0 Å². The summed E-state index contributed by atoms with van der Waals surface area (Å²) in [5.74, 6) is 0.834. The number of nitrogens with one attached hydrogen (secondary N) is 1. The average Bonchev–Trinajstić information content (AvgIpc) is 2.77. The van der Waals surface area contributed by atoms with Crippen LogP contribution in [0.25, 0.3) is 11.3 Å². The third kappa shape index (κ3) is 2.20. The van der Waals surface area contributed by atoms with Crippen molar-refractivity contribution in [1.82, 2.24) is 10.2 Å². The molecule has 0 unspecified atom stereocenters. The van der Waals surface area contributed by atoms with E-state index in [0.717, 1.165) is 28.9 Å². The van der Waals surface area contributed by atoms with E-state index in [9.17, 15) is 4.79 Å². The lowest BCUT2D eigenvalue weighted by Crippen LogP contribution is -1.93. The maximum absolute atomic E-state index is 10.9. The molecule has 4 nitrogen and oxygen atoms in total. The zero-order valence-corrected chi connectivity index (χ0v) is 9.86. The number of H-pyrrole nitrogens is 1. The maximum atomic E-state index is 10.9. The molecular formula is C13H14N2O2. The van der Waals surface area contributed by atoms with E-state index in [2.05, 4.69) is 10.2 Å². The Labute approximate surface area is 99.6 Å². The zero-order chi connectivity index (χ0) is 12.3. The molecule has 0 saturated heterocycles. The summed E-state index contributed by atoms with van der Waals surface area (Å²) in [5.41, 5.74) is 3.33. The number of hydrogen-bond donors (Lipinski definition) is 1. The molecule has 2 aromatic rings. The Bertz CT molecular complexity index is 532. The second-order valence-electron chi connectivity index (χ2n) is 3.73. The van der Waals surface area contributed by atoms with Crippen molar-refractivity contribution in [1.29, 1.82) is 0 Å². The minimum atomic E-state index is 0.567. The number of carbonyl (C=O) groups excluding carboxylic acids is 1. The molecule has 0 aliphatic carbocycles. The summed E-state index contributed by atoms with van der Waals surface area (Å²) in [4.78, 5) is 10.9. The van der Waals surface area contributed by atoms with E-state index in [1.165, 1.54) is 6.20 Å². The van der Waals surface area contributed by atoms with Gasteiger partial charge < -0.3 is 4.74 Å². The third-order valence-electron chi connectivity index (χ3n) is 2.57. The van der Waals surface area contributed by atoms with Crippen LogP contribution >= 0.6 is 0 Å². The van der Waals surface area contributed by atoms with Crippen LogP contribution in [0, 0.1) is 6.92 Å². The van der Waals surface area contributed by atoms with Crippen LogP contribution in [0.5, 0.6) is 5.75 Å². The fourth-order valence-corrected chi connectivity index (χ4v) is 1.77. The van der Waals surface area contributed by atoms with Crippen LogP contribution in [-0.4, -0.2) is 23.1 Å². The van der Waals surface area contributed by atoms with E-state index in [4.69, 9.17) is 4.74 Å². The average molecular weight is 230 g/mol. The van der Waals surface area contributed by atoms with Crippen molar-refractivity contribution < 1.29 is 9.53 Å². The van der Waals surface area contributed by atoms with Crippen molar-refractivity contribution in [2.24, 2.45) is 0 Å². The second-order valence-corrected chi connectivity index (χ2v) is 3.73. The van der Waals surface area contributed by atoms with Crippen LogP contribution in [0.2, 0.25) is 0 Å². The molecule has 1 aromatic carbocycles. The highest BCUT2D eigenvalue weighted by atomic mass is 16.5. The smallest absolute Gasteiger partial charge is 0.153 e. The zero-order valence-electron chi connectivity index (χ0n) is 9.86. The lowest BCUT2D eigenvalue weighted by Gasteiger charge is -2.08. The van der Waals surface area contributed by atoms with Gasteiger partial charge in [0.15, 0.2) is 6.29 Å². The molecule has 1 aromatic heterocycles. The summed E-state index contributed by atoms with van der Waals surface area (Å²) in [5, 5.41) is 6.72. The van der Waals surface area contributed by atoms with Crippen molar-refractivity contribution in [3.63, 3.8) is 0 Å². The van der Waals surface area contributed by atoms with Crippen molar-refractivity contribution >= 4 is 6.29 Å². The number of hydrogen-bond acceptors (Lipinski definition) is 3. The Hall–Kier alpha value is -2.10. The Balaban J connectivity index is 2.43. The number of aromatic nitrogens is 2. The summed E-state index contributed by atoms with van der Waals surface area (Å²) in [7, 11) is 0. The highest BCUT2D eigenvalue weighted by Crippen LogP contribution is 2.27. The van der Waals surface area contributed by atoms with E-state index in [-0.39, 0.29) is 0 Å². The van der Waals surface area contributed by atoms with Gasteiger partial charge in [-0.05, 0) is 37.6 Å². The summed E-state index contributed by atoms with van der Waals surface area (Å²) < 4.78 is 5.42. The molecule has 0 aliphatic rings. The van der Waals surface area contributed by atoms with Gasteiger partial charge in [0.2, 0.25) is 0 Å². The number of benzene rings is 1. The summed E-state index contributed by atoms with van der Waals surface area (Å²) in [6.45, 7) is 4.57. The molecule has 17 heavy (non-hydrogen) atoms. The largest absolute Gasteiger partial charge is 0.494 e. The first-order chi connectivity index (χ1) is 8.26. The van der Waals surface area contributed by atoms with E-state index in [0.29, 0.717) is 12.2 Å². The summed E-state index contributed by atoms with van der Waals surface area (Å²) in [6, 6.07) is 5.77. The van der Waals surface area contributed by atoms with Crippen LogP contribution in [0.1, 0.15) is 22.8 Å². The molecule has 0 saturated carbocycles. The quantitative estimate of drug-likeness (QED) is 0.821. The molecule has 2 rings (SSSR count). The lowest BCUT2D eigenvalue weighted by atomic mass is 10.0. The number of nitrogens with zero attached hydrogens (tertiary/aromatic N) is 1. The first-order valence-electron chi connectivity index (χ1n) is 5.48.